The Kier molecular flexibility index (Phi) is 3.33. The fraction of sp³-hybridized carbons (Fsp3) is 0.263. The average Bonchev–Trinajstić information content (AvgIpc) is 3.35. The molecular weight excluding hydrogens is 312 g/mol. The van der Waals surface area contributed by atoms with Crippen molar-refractivity contribution < 1.29 is 0 Å². The third-order valence-electron chi connectivity index (χ3n) is 4.76. The van der Waals surface area contributed by atoms with Gasteiger partial charge in [-0.1, -0.05) is 12.1 Å². The summed E-state index contributed by atoms with van der Waals surface area (Å²) in [6.45, 7) is 3.50. The van der Waals surface area contributed by atoms with Crippen molar-refractivity contribution in [3.05, 3.63) is 47.5 Å². The molecule has 0 fully saturated rings. The second-order valence-electron chi connectivity index (χ2n) is 6.48. The summed E-state index contributed by atoms with van der Waals surface area (Å²) < 4.78 is 0. The highest BCUT2D eigenvalue weighted by molar-refractivity contribution is 5.97. The van der Waals surface area contributed by atoms with Crippen LogP contribution in [0, 0.1) is 0 Å². The number of anilines is 2. The minimum Gasteiger partial charge on any atom is -0.354 e. The Morgan fingerprint density at radius 3 is 2.08 bits per heavy atom. The molecule has 6 nitrogen and oxygen atoms in total. The summed E-state index contributed by atoms with van der Waals surface area (Å²) in [4.78, 5) is 8.79. The van der Waals surface area contributed by atoms with Gasteiger partial charge in [-0.2, -0.15) is 0 Å². The summed E-state index contributed by atoms with van der Waals surface area (Å²) in [5.41, 5.74) is 7.50. The van der Waals surface area contributed by atoms with E-state index in [1.165, 1.54) is 22.3 Å². The standard InChI is InChI=1S/C19H20N6/c1-2-15(25-19-22-7-8-23-19)11-17-12(1)9-13-10-14(3-4-16(13)17)24-18-20-5-6-21-18/h1-4,10-11H,5-9H2,(H2,20,21,24)(H2,22,23,25). The van der Waals surface area contributed by atoms with Crippen molar-refractivity contribution in [2.24, 2.45) is 9.98 Å². The lowest BCUT2D eigenvalue weighted by molar-refractivity contribution is 0.959. The summed E-state index contributed by atoms with van der Waals surface area (Å²) >= 11 is 0. The molecule has 2 aromatic carbocycles. The Bertz CT molecular complexity index is 899. The van der Waals surface area contributed by atoms with Crippen LogP contribution in [0.4, 0.5) is 11.4 Å². The van der Waals surface area contributed by atoms with E-state index in [-0.39, 0.29) is 0 Å². The lowest BCUT2D eigenvalue weighted by Crippen LogP contribution is -2.26. The Balaban J connectivity index is 1.41. The normalized spacial score (nSPS) is 17.1. The Morgan fingerprint density at radius 2 is 1.40 bits per heavy atom. The van der Waals surface area contributed by atoms with Crippen LogP contribution in [0.2, 0.25) is 0 Å². The van der Waals surface area contributed by atoms with Crippen molar-refractivity contribution in [3.63, 3.8) is 0 Å². The zero-order valence-corrected chi connectivity index (χ0v) is 13.9. The predicted octanol–water partition coefficient (Wildman–Crippen LogP) is 2.00. The first kappa shape index (κ1) is 14.3. The van der Waals surface area contributed by atoms with Crippen molar-refractivity contribution in [2.45, 2.75) is 6.42 Å². The van der Waals surface area contributed by atoms with Gasteiger partial charge >= 0.3 is 0 Å². The van der Waals surface area contributed by atoms with Gasteiger partial charge in [-0.05, 0) is 52.9 Å². The summed E-state index contributed by atoms with van der Waals surface area (Å²) in [5, 5.41) is 13.2. The molecule has 2 heterocycles. The van der Waals surface area contributed by atoms with Crippen molar-refractivity contribution in [1.82, 2.24) is 10.6 Å². The van der Waals surface area contributed by atoms with E-state index in [4.69, 9.17) is 0 Å². The average molecular weight is 332 g/mol. The summed E-state index contributed by atoms with van der Waals surface area (Å²) in [7, 11) is 0. The summed E-state index contributed by atoms with van der Waals surface area (Å²) in [5.74, 6) is 1.73. The van der Waals surface area contributed by atoms with Crippen molar-refractivity contribution in [1.29, 1.82) is 0 Å². The van der Waals surface area contributed by atoms with Crippen LogP contribution < -0.4 is 21.3 Å². The SMILES string of the molecule is c1cc2c(cc1NC1=NCCN1)Cc1ccc(NC3=NCCN3)cc1-2. The number of guanidine groups is 2. The molecule has 0 saturated heterocycles. The molecule has 1 aliphatic carbocycles. The molecule has 5 rings (SSSR count). The molecule has 0 amide bonds. The molecule has 0 atom stereocenters. The first-order valence-electron chi connectivity index (χ1n) is 8.72. The van der Waals surface area contributed by atoms with E-state index in [1.807, 2.05) is 0 Å². The number of nitrogens with one attached hydrogen (secondary N) is 4. The van der Waals surface area contributed by atoms with Crippen LogP contribution in [0.25, 0.3) is 11.1 Å². The van der Waals surface area contributed by atoms with Gasteiger partial charge in [0.05, 0.1) is 13.1 Å². The fourth-order valence-electron chi connectivity index (χ4n) is 3.58. The Morgan fingerprint density at radius 1 is 0.720 bits per heavy atom. The Labute approximate surface area is 146 Å². The van der Waals surface area contributed by atoms with Crippen molar-refractivity contribution >= 4 is 23.3 Å². The number of hydrogen-bond donors (Lipinski definition) is 4. The molecule has 4 N–H and O–H groups in total. The van der Waals surface area contributed by atoms with Crippen LogP contribution in [-0.4, -0.2) is 38.1 Å². The van der Waals surface area contributed by atoms with Gasteiger partial charge in [0.1, 0.15) is 0 Å². The number of aliphatic imine (C=N–C) groups is 2. The maximum absolute atomic E-state index is 4.40. The van der Waals surface area contributed by atoms with E-state index in [0.717, 1.165) is 55.9 Å². The van der Waals surface area contributed by atoms with E-state index >= 15 is 0 Å². The molecule has 0 radical (unpaired) electrons. The van der Waals surface area contributed by atoms with Gasteiger partial charge in [-0.3, -0.25) is 9.98 Å². The second-order valence-corrected chi connectivity index (χ2v) is 6.48. The van der Waals surface area contributed by atoms with E-state index in [0.29, 0.717) is 0 Å². The molecule has 0 bridgehead atoms. The van der Waals surface area contributed by atoms with Gasteiger partial charge in [0, 0.05) is 24.5 Å². The molecule has 126 valence electrons. The van der Waals surface area contributed by atoms with E-state index in [9.17, 15) is 0 Å². The highest BCUT2D eigenvalue weighted by Crippen LogP contribution is 2.39. The van der Waals surface area contributed by atoms with Gasteiger partial charge in [0.15, 0.2) is 11.9 Å². The largest absolute Gasteiger partial charge is 0.354 e. The molecular formula is C19H20N6. The molecule has 0 spiro atoms. The lowest BCUT2D eigenvalue weighted by Gasteiger charge is -2.10. The zero-order chi connectivity index (χ0) is 16.6. The monoisotopic (exact) mass is 332 g/mol. The maximum atomic E-state index is 4.40. The minimum absolute atomic E-state index is 0.839. The van der Waals surface area contributed by atoms with Gasteiger partial charge in [0.25, 0.3) is 0 Å². The third kappa shape index (κ3) is 2.69. The third-order valence-corrected chi connectivity index (χ3v) is 4.76. The van der Waals surface area contributed by atoms with Crippen molar-refractivity contribution in [2.75, 3.05) is 36.8 Å². The van der Waals surface area contributed by atoms with Crippen LogP contribution >= 0.6 is 0 Å². The van der Waals surface area contributed by atoms with Gasteiger partial charge in [-0.15, -0.1) is 0 Å². The van der Waals surface area contributed by atoms with Crippen LogP contribution in [0.5, 0.6) is 0 Å². The summed E-state index contributed by atoms with van der Waals surface area (Å²) in [6, 6.07) is 13.1. The first-order chi connectivity index (χ1) is 12.3. The highest BCUT2D eigenvalue weighted by Gasteiger charge is 2.20. The van der Waals surface area contributed by atoms with Crippen LogP contribution in [-0.2, 0) is 6.42 Å². The smallest absolute Gasteiger partial charge is 0.195 e. The minimum atomic E-state index is 0.839. The molecule has 0 unspecified atom stereocenters. The highest BCUT2D eigenvalue weighted by atomic mass is 15.2. The topological polar surface area (TPSA) is 72.8 Å². The molecule has 6 heteroatoms. The van der Waals surface area contributed by atoms with E-state index in [1.54, 1.807) is 0 Å². The molecule has 0 saturated carbocycles. The molecule has 2 aliphatic heterocycles. The van der Waals surface area contributed by atoms with E-state index < -0.39 is 0 Å². The second kappa shape index (κ2) is 5.81. The van der Waals surface area contributed by atoms with Gasteiger partial charge < -0.3 is 21.3 Å². The molecule has 0 aromatic heterocycles. The first-order valence-corrected chi connectivity index (χ1v) is 8.72. The zero-order valence-electron chi connectivity index (χ0n) is 13.9. The predicted molar refractivity (Wildman–Crippen MR) is 103 cm³/mol. The Hall–Kier alpha value is -3.02. The number of benzene rings is 2. The molecule has 2 aromatic rings. The number of nitrogens with zero attached hydrogens (tertiary/aromatic N) is 2. The molecule has 3 aliphatic rings. The number of fused-ring (bicyclic) bond motifs is 3. The lowest BCUT2D eigenvalue weighted by atomic mass is 10.0. The fourth-order valence-corrected chi connectivity index (χ4v) is 3.58. The van der Waals surface area contributed by atoms with Crippen LogP contribution in [0.15, 0.2) is 46.4 Å². The van der Waals surface area contributed by atoms with Gasteiger partial charge in [-0.25, -0.2) is 0 Å². The quantitative estimate of drug-likeness (QED) is 0.579. The molecule has 25 heavy (non-hydrogen) atoms. The number of rotatable bonds is 2. The number of hydrogen-bond acceptors (Lipinski definition) is 6. The summed E-state index contributed by atoms with van der Waals surface area (Å²) in [6.07, 6.45) is 0.972. The van der Waals surface area contributed by atoms with Gasteiger partial charge in [0.2, 0.25) is 0 Å². The maximum Gasteiger partial charge on any atom is 0.195 e. The van der Waals surface area contributed by atoms with E-state index in [2.05, 4.69) is 67.7 Å². The van der Waals surface area contributed by atoms with Crippen molar-refractivity contribution in [3.8, 4) is 11.1 Å². The van der Waals surface area contributed by atoms with Crippen LogP contribution in [0.1, 0.15) is 11.1 Å². The van der Waals surface area contributed by atoms with Crippen LogP contribution in [0.3, 0.4) is 0 Å².